The highest BCUT2D eigenvalue weighted by molar-refractivity contribution is 14.0. The van der Waals surface area contributed by atoms with Gasteiger partial charge in [0.25, 0.3) is 0 Å². The van der Waals surface area contributed by atoms with Crippen LogP contribution in [-0.2, 0) is 4.79 Å². The molecular formula is C20H40IN5O. The van der Waals surface area contributed by atoms with E-state index in [1.165, 1.54) is 19.3 Å². The molecule has 158 valence electrons. The van der Waals surface area contributed by atoms with Gasteiger partial charge >= 0.3 is 0 Å². The van der Waals surface area contributed by atoms with Gasteiger partial charge in [0.1, 0.15) is 0 Å². The first-order valence-corrected chi connectivity index (χ1v) is 10.5. The first-order chi connectivity index (χ1) is 12.5. The summed E-state index contributed by atoms with van der Waals surface area (Å²) in [4.78, 5) is 21.5. The monoisotopic (exact) mass is 493 g/mol. The van der Waals surface area contributed by atoms with Crippen molar-refractivity contribution in [3.05, 3.63) is 0 Å². The Labute approximate surface area is 182 Å². The lowest BCUT2D eigenvalue weighted by atomic mass is 9.88. The molecule has 2 fully saturated rings. The summed E-state index contributed by atoms with van der Waals surface area (Å²) in [6.07, 6.45) is 8.06. The zero-order chi connectivity index (χ0) is 18.9. The van der Waals surface area contributed by atoms with E-state index < -0.39 is 0 Å². The Morgan fingerprint density at radius 2 is 1.96 bits per heavy atom. The second-order valence-electron chi connectivity index (χ2n) is 7.99. The number of nitrogens with one attached hydrogen (secondary N) is 2. The van der Waals surface area contributed by atoms with E-state index in [1.54, 1.807) is 0 Å². The molecule has 0 spiro atoms. The Kier molecular flexibility index (Phi) is 11.6. The quantitative estimate of drug-likeness (QED) is 0.325. The number of halogens is 1. The number of hydrogen-bond donors (Lipinski definition) is 2. The number of carbonyl (C=O) groups is 1. The zero-order valence-corrected chi connectivity index (χ0v) is 20.0. The summed E-state index contributed by atoms with van der Waals surface area (Å²) in [5.74, 6) is 1.50. The first kappa shape index (κ1) is 24.5. The predicted molar refractivity (Wildman–Crippen MR) is 124 cm³/mol. The van der Waals surface area contributed by atoms with E-state index >= 15 is 0 Å². The van der Waals surface area contributed by atoms with Crippen molar-refractivity contribution < 1.29 is 4.79 Å². The SMILES string of the molecule is CCC(C)N(C)CCNC(=NC)NC1CCN(C(=O)C2CCCCC2)C1.I. The van der Waals surface area contributed by atoms with Gasteiger partial charge in [0, 0.05) is 51.2 Å². The number of guanidine groups is 1. The lowest BCUT2D eigenvalue weighted by Crippen LogP contribution is -2.47. The Morgan fingerprint density at radius 1 is 1.26 bits per heavy atom. The van der Waals surface area contributed by atoms with Crippen molar-refractivity contribution in [3.63, 3.8) is 0 Å². The molecule has 27 heavy (non-hydrogen) atoms. The van der Waals surface area contributed by atoms with E-state index in [9.17, 15) is 4.79 Å². The van der Waals surface area contributed by atoms with Crippen LogP contribution in [0.2, 0.25) is 0 Å². The van der Waals surface area contributed by atoms with Crippen LogP contribution >= 0.6 is 24.0 Å². The van der Waals surface area contributed by atoms with Crippen molar-refractivity contribution in [3.8, 4) is 0 Å². The van der Waals surface area contributed by atoms with Crippen LogP contribution < -0.4 is 10.6 Å². The third-order valence-corrected chi connectivity index (χ3v) is 6.12. The van der Waals surface area contributed by atoms with Gasteiger partial charge in [-0.3, -0.25) is 9.79 Å². The van der Waals surface area contributed by atoms with Crippen LogP contribution in [0.5, 0.6) is 0 Å². The van der Waals surface area contributed by atoms with E-state index in [2.05, 4.69) is 46.3 Å². The fraction of sp³-hybridized carbons (Fsp3) is 0.900. The highest BCUT2D eigenvalue weighted by Crippen LogP contribution is 2.26. The van der Waals surface area contributed by atoms with Crippen LogP contribution in [0.1, 0.15) is 58.8 Å². The second-order valence-corrected chi connectivity index (χ2v) is 7.99. The van der Waals surface area contributed by atoms with E-state index in [1.807, 2.05) is 7.05 Å². The van der Waals surface area contributed by atoms with E-state index in [0.717, 1.165) is 57.8 Å². The molecule has 0 aromatic rings. The molecule has 2 aliphatic rings. The van der Waals surface area contributed by atoms with Gasteiger partial charge in [-0.2, -0.15) is 0 Å². The number of nitrogens with zero attached hydrogens (tertiary/aromatic N) is 3. The third-order valence-electron chi connectivity index (χ3n) is 6.12. The number of amides is 1. The first-order valence-electron chi connectivity index (χ1n) is 10.5. The van der Waals surface area contributed by atoms with Crippen molar-refractivity contribution in [2.45, 2.75) is 70.9 Å². The molecule has 2 N–H and O–H groups in total. The minimum atomic E-state index is 0. The molecular weight excluding hydrogens is 453 g/mol. The Morgan fingerprint density at radius 3 is 2.59 bits per heavy atom. The molecule has 1 heterocycles. The number of likely N-dealkylation sites (N-methyl/N-ethyl adjacent to an activating group) is 1. The van der Waals surface area contributed by atoms with Crippen LogP contribution in [0.25, 0.3) is 0 Å². The molecule has 1 saturated heterocycles. The lowest BCUT2D eigenvalue weighted by Gasteiger charge is -2.26. The second kappa shape index (κ2) is 12.8. The smallest absolute Gasteiger partial charge is 0.225 e. The summed E-state index contributed by atoms with van der Waals surface area (Å²) < 4.78 is 0. The van der Waals surface area contributed by atoms with Gasteiger partial charge in [-0.05, 0) is 39.7 Å². The number of carbonyl (C=O) groups excluding carboxylic acids is 1. The summed E-state index contributed by atoms with van der Waals surface area (Å²) in [6.45, 7) is 8.02. The summed E-state index contributed by atoms with van der Waals surface area (Å²) in [7, 11) is 3.98. The Hall–Kier alpha value is -0.570. The normalized spacial score (nSPS) is 22.5. The fourth-order valence-electron chi connectivity index (χ4n) is 3.96. The molecule has 0 bridgehead atoms. The van der Waals surface area contributed by atoms with Crippen molar-refractivity contribution in [2.75, 3.05) is 40.3 Å². The number of hydrogen-bond acceptors (Lipinski definition) is 3. The topological polar surface area (TPSA) is 60.0 Å². The van der Waals surface area contributed by atoms with Crippen LogP contribution in [0.4, 0.5) is 0 Å². The summed E-state index contributed by atoms with van der Waals surface area (Å²) in [5.41, 5.74) is 0. The molecule has 2 atom stereocenters. The van der Waals surface area contributed by atoms with Gasteiger partial charge in [-0.1, -0.05) is 26.2 Å². The highest BCUT2D eigenvalue weighted by Gasteiger charge is 2.31. The highest BCUT2D eigenvalue weighted by atomic mass is 127. The van der Waals surface area contributed by atoms with Crippen LogP contribution in [0.15, 0.2) is 4.99 Å². The van der Waals surface area contributed by atoms with Crippen LogP contribution in [0, 0.1) is 5.92 Å². The van der Waals surface area contributed by atoms with Crippen molar-refractivity contribution in [1.29, 1.82) is 0 Å². The van der Waals surface area contributed by atoms with Gasteiger partial charge < -0.3 is 20.4 Å². The van der Waals surface area contributed by atoms with Gasteiger partial charge in [-0.15, -0.1) is 24.0 Å². The molecule has 2 unspecified atom stereocenters. The minimum absolute atomic E-state index is 0. The molecule has 1 amide bonds. The Balaban J connectivity index is 0.00000364. The maximum atomic E-state index is 12.7. The molecule has 1 saturated carbocycles. The Bertz CT molecular complexity index is 467. The van der Waals surface area contributed by atoms with E-state index in [4.69, 9.17) is 0 Å². The van der Waals surface area contributed by atoms with Crippen molar-refractivity contribution in [2.24, 2.45) is 10.9 Å². The van der Waals surface area contributed by atoms with Gasteiger partial charge in [0.2, 0.25) is 5.91 Å². The summed E-state index contributed by atoms with van der Waals surface area (Å²) in [5, 5.41) is 6.90. The molecule has 0 aromatic heterocycles. The molecule has 1 aliphatic carbocycles. The standard InChI is InChI=1S/C20H39N5O.HI/c1-5-16(2)24(4)14-12-22-20(21-3)23-18-11-13-25(15-18)19(26)17-9-7-6-8-10-17;/h16-18H,5-15H2,1-4H3,(H2,21,22,23);1H. The van der Waals surface area contributed by atoms with Crippen LogP contribution in [0.3, 0.4) is 0 Å². The maximum absolute atomic E-state index is 12.7. The maximum Gasteiger partial charge on any atom is 0.225 e. The van der Waals surface area contributed by atoms with Gasteiger partial charge in [0.15, 0.2) is 5.96 Å². The fourth-order valence-corrected chi connectivity index (χ4v) is 3.96. The van der Waals surface area contributed by atoms with Crippen molar-refractivity contribution in [1.82, 2.24) is 20.4 Å². The average Bonchev–Trinajstić information content (AvgIpc) is 3.14. The lowest BCUT2D eigenvalue weighted by molar-refractivity contribution is -0.135. The molecule has 6 nitrogen and oxygen atoms in total. The van der Waals surface area contributed by atoms with Crippen molar-refractivity contribution >= 4 is 35.8 Å². The van der Waals surface area contributed by atoms with Crippen LogP contribution in [-0.4, -0.2) is 74.0 Å². The average molecular weight is 493 g/mol. The minimum Gasteiger partial charge on any atom is -0.355 e. The number of likely N-dealkylation sites (tertiary alicyclic amines) is 1. The summed E-state index contributed by atoms with van der Waals surface area (Å²) in [6, 6.07) is 0.905. The third kappa shape index (κ3) is 7.75. The van der Waals surface area contributed by atoms with Gasteiger partial charge in [-0.25, -0.2) is 0 Å². The molecule has 0 radical (unpaired) electrons. The largest absolute Gasteiger partial charge is 0.355 e. The van der Waals surface area contributed by atoms with Gasteiger partial charge in [0.05, 0.1) is 0 Å². The summed E-state index contributed by atoms with van der Waals surface area (Å²) >= 11 is 0. The molecule has 7 heteroatoms. The number of aliphatic imine (C=N–C) groups is 1. The predicted octanol–water partition coefficient (Wildman–Crippen LogP) is 2.68. The van der Waals surface area contributed by atoms with E-state index in [-0.39, 0.29) is 29.9 Å². The number of rotatable bonds is 7. The molecule has 0 aromatic carbocycles. The molecule has 2 rings (SSSR count). The molecule has 1 aliphatic heterocycles. The zero-order valence-electron chi connectivity index (χ0n) is 17.7. The van der Waals surface area contributed by atoms with E-state index in [0.29, 0.717) is 18.0 Å².